The fourth-order valence-electron chi connectivity index (χ4n) is 2.33. The van der Waals surface area contributed by atoms with Gasteiger partial charge in [-0.2, -0.15) is 0 Å². The van der Waals surface area contributed by atoms with E-state index in [4.69, 9.17) is 4.74 Å². The molecular formula is C17H21NO4. The summed E-state index contributed by atoms with van der Waals surface area (Å²) in [7, 11) is 3.12. The largest absolute Gasteiger partial charge is 0.465 e. The van der Waals surface area contributed by atoms with Crippen LogP contribution in [0.2, 0.25) is 0 Å². The number of hydrogen-bond acceptors (Lipinski definition) is 4. The molecule has 118 valence electrons. The highest BCUT2D eigenvalue weighted by atomic mass is 16.5. The molecule has 1 aromatic rings. The van der Waals surface area contributed by atoms with Crippen LogP contribution in [-0.4, -0.2) is 50.2 Å². The number of amides is 1. The molecule has 1 aliphatic rings. The van der Waals surface area contributed by atoms with Gasteiger partial charge in [0.15, 0.2) is 0 Å². The minimum absolute atomic E-state index is 0.0625. The number of rotatable bonds is 5. The van der Waals surface area contributed by atoms with Gasteiger partial charge in [0.1, 0.15) is 0 Å². The molecule has 5 heteroatoms. The highest BCUT2D eigenvalue weighted by Gasteiger charge is 2.18. The normalized spacial score (nSPS) is 17.6. The molecule has 0 N–H and O–H groups in total. The van der Waals surface area contributed by atoms with Gasteiger partial charge in [0.25, 0.3) is 0 Å². The van der Waals surface area contributed by atoms with E-state index >= 15 is 0 Å². The molecule has 1 saturated heterocycles. The molecule has 22 heavy (non-hydrogen) atoms. The van der Waals surface area contributed by atoms with Crippen LogP contribution in [0.15, 0.2) is 30.3 Å². The Bertz CT molecular complexity index is 544. The van der Waals surface area contributed by atoms with E-state index in [0.29, 0.717) is 12.1 Å². The highest BCUT2D eigenvalue weighted by Crippen LogP contribution is 2.13. The van der Waals surface area contributed by atoms with Crippen molar-refractivity contribution in [2.45, 2.75) is 18.9 Å². The van der Waals surface area contributed by atoms with Gasteiger partial charge in [0, 0.05) is 26.3 Å². The molecule has 1 unspecified atom stereocenters. The Morgan fingerprint density at radius 2 is 2.09 bits per heavy atom. The van der Waals surface area contributed by atoms with Crippen molar-refractivity contribution in [3.63, 3.8) is 0 Å². The van der Waals surface area contributed by atoms with E-state index in [9.17, 15) is 9.59 Å². The Morgan fingerprint density at radius 3 is 2.68 bits per heavy atom. The van der Waals surface area contributed by atoms with Crippen LogP contribution in [0.1, 0.15) is 28.8 Å². The predicted molar refractivity (Wildman–Crippen MR) is 83.4 cm³/mol. The number of nitrogens with zero attached hydrogens (tertiary/aromatic N) is 1. The minimum atomic E-state index is -0.372. The number of carbonyl (C=O) groups excluding carboxylic acids is 2. The summed E-state index contributed by atoms with van der Waals surface area (Å²) in [6, 6.07) is 6.89. The Hall–Kier alpha value is -2.14. The molecule has 0 aromatic heterocycles. The Morgan fingerprint density at radius 1 is 1.36 bits per heavy atom. The van der Waals surface area contributed by atoms with E-state index in [1.807, 2.05) is 0 Å². The summed E-state index contributed by atoms with van der Waals surface area (Å²) in [5.41, 5.74) is 1.34. The van der Waals surface area contributed by atoms with Gasteiger partial charge in [-0.05, 0) is 36.6 Å². The molecule has 1 atom stereocenters. The Balaban J connectivity index is 1.89. The first-order valence-electron chi connectivity index (χ1n) is 7.33. The van der Waals surface area contributed by atoms with Crippen molar-refractivity contribution in [3.8, 4) is 0 Å². The molecule has 0 saturated carbocycles. The maximum Gasteiger partial charge on any atom is 0.337 e. The number of carbonyl (C=O) groups is 2. The number of likely N-dealkylation sites (N-methyl/N-ethyl adjacent to an activating group) is 1. The van der Waals surface area contributed by atoms with Crippen molar-refractivity contribution in [1.29, 1.82) is 0 Å². The van der Waals surface area contributed by atoms with Gasteiger partial charge in [-0.15, -0.1) is 0 Å². The van der Waals surface area contributed by atoms with E-state index in [1.54, 1.807) is 42.3 Å². The van der Waals surface area contributed by atoms with Crippen molar-refractivity contribution in [3.05, 3.63) is 41.5 Å². The molecule has 1 amide bonds. The second kappa shape index (κ2) is 7.75. The van der Waals surface area contributed by atoms with E-state index in [0.717, 1.165) is 25.0 Å². The van der Waals surface area contributed by atoms with Gasteiger partial charge >= 0.3 is 5.97 Å². The summed E-state index contributed by atoms with van der Waals surface area (Å²) < 4.78 is 10.2. The van der Waals surface area contributed by atoms with Crippen LogP contribution in [-0.2, 0) is 14.3 Å². The van der Waals surface area contributed by atoms with E-state index in [-0.39, 0.29) is 18.0 Å². The quantitative estimate of drug-likeness (QED) is 0.617. The first-order valence-corrected chi connectivity index (χ1v) is 7.33. The summed E-state index contributed by atoms with van der Waals surface area (Å²) in [6.45, 7) is 1.40. The van der Waals surface area contributed by atoms with Crippen molar-refractivity contribution in [1.82, 2.24) is 4.90 Å². The smallest absolute Gasteiger partial charge is 0.337 e. The van der Waals surface area contributed by atoms with Gasteiger partial charge in [0.05, 0.1) is 18.8 Å². The van der Waals surface area contributed by atoms with E-state index in [2.05, 4.69) is 4.74 Å². The molecule has 1 fully saturated rings. The third kappa shape index (κ3) is 4.43. The zero-order chi connectivity index (χ0) is 15.9. The van der Waals surface area contributed by atoms with Crippen molar-refractivity contribution in [2.75, 3.05) is 27.3 Å². The first-order chi connectivity index (χ1) is 10.6. The number of hydrogen-bond donors (Lipinski definition) is 0. The molecule has 2 rings (SSSR count). The van der Waals surface area contributed by atoms with Crippen LogP contribution in [0.25, 0.3) is 6.08 Å². The van der Waals surface area contributed by atoms with Crippen LogP contribution >= 0.6 is 0 Å². The van der Waals surface area contributed by atoms with E-state index < -0.39 is 0 Å². The predicted octanol–water partition coefficient (Wildman–Crippen LogP) is 2.12. The van der Waals surface area contributed by atoms with Crippen LogP contribution in [0, 0.1) is 0 Å². The summed E-state index contributed by atoms with van der Waals surface area (Å²) in [4.78, 5) is 25.0. The van der Waals surface area contributed by atoms with Crippen molar-refractivity contribution in [2.24, 2.45) is 0 Å². The lowest BCUT2D eigenvalue weighted by molar-refractivity contribution is -0.126. The summed E-state index contributed by atoms with van der Waals surface area (Å²) in [6.07, 6.45) is 5.49. The highest BCUT2D eigenvalue weighted by molar-refractivity contribution is 5.92. The number of methoxy groups -OCH3 is 1. The zero-order valence-electron chi connectivity index (χ0n) is 13.0. The molecule has 0 bridgehead atoms. The van der Waals surface area contributed by atoms with Gasteiger partial charge in [0.2, 0.25) is 5.91 Å². The first kappa shape index (κ1) is 16.2. The third-order valence-electron chi connectivity index (χ3n) is 3.63. The molecule has 5 nitrogen and oxygen atoms in total. The van der Waals surface area contributed by atoms with Gasteiger partial charge in [-0.25, -0.2) is 4.79 Å². The summed E-state index contributed by atoms with van der Waals surface area (Å²) in [5, 5.41) is 0. The number of esters is 1. The van der Waals surface area contributed by atoms with Crippen molar-refractivity contribution >= 4 is 18.0 Å². The number of benzene rings is 1. The molecule has 1 heterocycles. The third-order valence-corrected chi connectivity index (χ3v) is 3.63. The molecule has 0 spiro atoms. The fraction of sp³-hybridized carbons (Fsp3) is 0.412. The van der Waals surface area contributed by atoms with Crippen LogP contribution in [0.3, 0.4) is 0 Å². The topological polar surface area (TPSA) is 55.8 Å². The molecule has 1 aromatic carbocycles. The maximum absolute atomic E-state index is 12.0. The SMILES string of the molecule is COC(=O)c1ccc(/C=C/C(=O)N(C)CC2CCCO2)cc1. The molecular weight excluding hydrogens is 282 g/mol. The van der Waals surface area contributed by atoms with Gasteiger partial charge in [-0.1, -0.05) is 12.1 Å². The van der Waals surface area contributed by atoms with Crippen LogP contribution in [0.5, 0.6) is 0 Å². The second-order valence-corrected chi connectivity index (χ2v) is 5.30. The van der Waals surface area contributed by atoms with Crippen LogP contribution in [0.4, 0.5) is 0 Å². The lowest BCUT2D eigenvalue weighted by atomic mass is 10.1. The van der Waals surface area contributed by atoms with Crippen molar-refractivity contribution < 1.29 is 19.1 Å². The lowest BCUT2D eigenvalue weighted by Crippen LogP contribution is -2.32. The summed E-state index contributed by atoms with van der Waals surface area (Å²) in [5.74, 6) is -0.435. The minimum Gasteiger partial charge on any atom is -0.465 e. The standard InChI is InChI=1S/C17H21NO4/c1-18(12-15-4-3-11-22-15)16(19)10-7-13-5-8-14(9-6-13)17(20)21-2/h5-10,15H,3-4,11-12H2,1-2H3/b10-7+. The Labute approximate surface area is 130 Å². The Kier molecular flexibility index (Phi) is 5.72. The zero-order valence-corrected chi connectivity index (χ0v) is 13.0. The van der Waals surface area contributed by atoms with E-state index in [1.165, 1.54) is 13.2 Å². The van der Waals surface area contributed by atoms with Crippen LogP contribution < -0.4 is 0 Å². The second-order valence-electron chi connectivity index (χ2n) is 5.30. The molecule has 0 radical (unpaired) electrons. The maximum atomic E-state index is 12.0. The monoisotopic (exact) mass is 303 g/mol. The molecule has 1 aliphatic heterocycles. The van der Waals surface area contributed by atoms with Gasteiger partial charge in [-0.3, -0.25) is 4.79 Å². The molecule has 0 aliphatic carbocycles. The summed E-state index contributed by atoms with van der Waals surface area (Å²) >= 11 is 0. The average molecular weight is 303 g/mol. The average Bonchev–Trinajstić information content (AvgIpc) is 3.05. The number of ether oxygens (including phenoxy) is 2. The van der Waals surface area contributed by atoms with Gasteiger partial charge < -0.3 is 14.4 Å². The fourth-order valence-corrected chi connectivity index (χ4v) is 2.33. The lowest BCUT2D eigenvalue weighted by Gasteiger charge is -2.19.